The summed E-state index contributed by atoms with van der Waals surface area (Å²) in [6.45, 7) is 7.20. The molecule has 0 aromatic heterocycles. The zero-order valence-corrected chi connectivity index (χ0v) is 12.3. The number of anilines is 1. The number of hydrogen-bond acceptors (Lipinski definition) is 2. The number of carbonyl (C=O) groups excluding carboxylic acids is 2. The van der Waals surface area contributed by atoms with Crippen molar-refractivity contribution < 1.29 is 9.59 Å². The molecule has 0 fully saturated rings. The number of Topliss-reactive ketones (excluding diaryl/α,β-unsaturated/α-hetero) is 1. The molecule has 0 radical (unpaired) electrons. The molecule has 104 valence electrons. The van der Waals surface area contributed by atoms with Crippen LogP contribution in [-0.2, 0) is 4.79 Å². The molecule has 0 spiro atoms. The number of carbonyl (C=O) groups is 2. The number of ketones is 1. The molecule has 1 N–H and O–H groups in total. The Morgan fingerprint density at radius 2 is 1.55 bits per heavy atom. The van der Waals surface area contributed by atoms with Crippen LogP contribution in [0.3, 0.4) is 0 Å². The molecule has 0 atom stereocenters. The van der Waals surface area contributed by atoms with E-state index in [4.69, 9.17) is 0 Å². The van der Waals surface area contributed by atoms with Gasteiger partial charge in [-0.25, -0.2) is 0 Å². The van der Waals surface area contributed by atoms with E-state index in [0.717, 1.165) is 16.5 Å². The van der Waals surface area contributed by atoms with E-state index in [2.05, 4.69) is 5.32 Å². The highest BCUT2D eigenvalue weighted by atomic mass is 16.1. The first-order chi connectivity index (χ1) is 9.30. The molecule has 0 saturated heterocycles. The van der Waals surface area contributed by atoms with Gasteiger partial charge >= 0.3 is 0 Å². The first-order valence-electron chi connectivity index (χ1n) is 6.65. The lowest BCUT2D eigenvalue weighted by Gasteiger charge is -2.19. The summed E-state index contributed by atoms with van der Waals surface area (Å²) in [5.74, 6) is -0.0203. The zero-order valence-electron chi connectivity index (χ0n) is 12.3. The molecular weight excluding hydrogens is 250 g/mol. The van der Waals surface area contributed by atoms with Gasteiger partial charge in [-0.15, -0.1) is 0 Å². The Kier molecular flexibility index (Phi) is 3.62. The minimum Gasteiger partial charge on any atom is -0.326 e. The summed E-state index contributed by atoms with van der Waals surface area (Å²) in [6.07, 6.45) is 0. The van der Waals surface area contributed by atoms with E-state index in [9.17, 15) is 9.59 Å². The first kappa shape index (κ1) is 14.3. The maximum absolute atomic E-state index is 12.5. The van der Waals surface area contributed by atoms with Gasteiger partial charge < -0.3 is 5.32 Å². The summed E-state index contributed by atoms with van der Waals surface area (Å²) < 4.78 is 0. The summed E-state index contributed by atoms with van der Waals surface area (Å²) >= 11 is 0. The number of benzene rings is 2. The van der Waals surface area contributed by atoms with Gasteiger partial charge in [0.15, 0.2) is 5.78 Å². The number of fused-ring (bicyclic) bond motifs is 1. The molecule has 1 amide bonds. The lowest BCUT2D eigenvalue weighted by molar-refractivity contribution is -0.114. The Morgan fingerprint density at radius 1 is 0.950 bits per heavy atom. The number of rotatable bonds is 2. The van der Waals surface area contributed by atoms with Crippen LogP contribution < -0.4 is 5.32 Å². The van der Waals surface area contributed by atoms with Gasteiger partial charge in [0.1, 0.15) is 0 Å². The minimum absolute atomic E-state index is 0.100. The molecule has 2 aromatic carbocycles. The molecule has 2 rings (SSSR count). The van der Waals surface area contributed by atoms with Crippen molar-refractivity contribution in [2.45, 2.75) is 27.7 Å². The molecule has 20 heavy (non-hydrogen) atoms. The van der Waals surface area contributed by atoms with Crippen molar-refractivity contribution in [3.05, 3.63) is 42.0 Å². The molecule has 0 bridgehead atoms. The Labute approximate surface area is 119 Å². The second kappa shape index (κ2) is 5.08. The SMILES string of the molecule is CC(=O)Nc1ccc(C(=O)C(C)(C)C)c2ccccc12. The first-order valence-corrected chi connectivity index (χ1v) is 6.65. The molecule has 0 aliphatic rings. The van der Waals surface area contributed by atoms with Crippen LogP contribution in [0.25, 0.3) is 10.8 Å². The fourth-order valence-corrected chi connectivity index (χ4v) is 2.20. The molecule has 3 nitrogen and oxygen atoms in total. The highest BCUT2D eigenvalue weighted by Crippen LogP contribution is 2.31. The standard InChI is InChI=1S/C17H19NO2/c1-11(19)18-15-10-9-14(16(20)17(2,3)4)12-7-5-6-8-13(12)15/h5-10H,1-4H3,(H,18,19). The average molecular weight is 269 g/mol. The average Bonchev–Trinajstić information content (AvgIpc) is 2.37. The van der Waals surface area contributed by atoms with Gasteiger partial charge in [0.2, 0.25) is 5.91 Å². The third-order valence-electron chi connectivity index (χ3n) is 3.16. The largest absolute Gasteiger partial charge is 0.326 e. The van der Waals surface area contributed by atoms with Crippen LogP contribution in [0.5, 0.6) is 0 Å². The molecule has 0 aliphatic carbocycles. The summed E-state index contributed by atoms with van der Waals surface area (Å²) in [4.78, 5) is 23.8. The van der Waals surface area contributed by atoms with Crippen molar-refractivity contribution in [2.75, 3.05) is 5.32 Å². The normalized spacial score (nSPS) is 11.4. The van der Waals surface area contributed by atoms with Crippen LogP contribution in [0.1, 0.15) is 38.1 Å². The topological polar surface area (TPSA) is 46.2 Å². The summed E-state index contributed by atoms with van der Waals surface area (Å²) in [5.41, 5.74) is 0.999. The number of hydrogen-bond donors (Lipinski definition) is 1. The molecule has 2 aromatic rings. The van der Waals surface area contributed by atoms with Crippen molar-refractivity contribution >= 4 is 28.2 Å². The molecule has 3 heteroatoms. The van der Waals surface area contributed by atoms with E-state index in [1.807, 2.05) is 45.0 Å². The lowest BCUT2D eigenvalue weighted by Crippen LogP contribution is -2.20. The highest BCUT2D eigenvalue weighted by Gasteiger charge is 2.24. The van der Waals surface area contributed by atoms with E-state index < -0.39 is 5.41 Å². The fourth-order valence-electron chi connectivity index (χ4n) is 2.20. The minimum atomic E-state index is -0.432. The maximum Gasteiger partial charge on any atom is 0.221 e. The van der Waals surface area contributed by atoms with Gasteiger partial charge in [-0.3, -0.25) is 9.59 Å². The summed E-state index contributed by atoms with van der Waals surface area (Å²) in [7, 11) is 0. The van der Waals surface area contributed by atoms with Gasteiger partial charge in [0.05, 0.1) is 0 Å². The van der Waals surface area contributed by atoms with Crippen molar-refractivity contribution in [3.8, 4) is 0 Å². The van der Waals surface area contributed by atoms with Crippen LogP contribution in [0.15, 0.2) is 36.4 Å². The third kappa shape index (κ3) is 2.72. The van der Waals surface area contributed by atoms with Crippen LogP contribution in [-0.4, -0.2) is 11.7 Å². The van der Waals surface area contributed by atoms with Gasteiger partial charge in [0, 0.05) is 29.0 Å². The van der Waals surface area contributed by atoms with Crippen LogP contribution in [0, 0.1) is 5.41 Å². The Morgan fingerprint density at radius 3 is 2.10 bits per heavy atom. The Bertz CT molecular complexity index is 681. The smallest absolute Gasteiger partial charge is 0.221 e. The highest BCUT2D eigenvalue weighted by molar-refractivity contribution is 6.14. The molecule has 0 aliphatic heterocycles. The van der Waals surface area contributed by atoms with Crippen LogP contribution >= 0.6 is 0 Å². The lowest BCUT2D eigenvalue weighted by atomic mass is 9.84. The van der Waals surface area contributed by atoms with Gasteiger partial charge in [-0.05, 0) is 17.5 Å². The van der Waals surface area contributed by atoms with E-state index in [1.54, 1.807) is 12.1 Å². The van der Waals surface area contributed by atoms with E-state index >= 15 is 0 Å². The third-order valence-corrected chi connectivity index (χ3v) is 3.16. The van der Waals surface area contributed by atoms with E-state index in [-0.39, 0.29) is 11.7 Å². The van der Waals surface area contributed by atoms with Crippen molar-refractivity contribution in [1.82, 2.24) is 0 Å². The van der Waals surface area contributed by atoms with Crippen LogP contribution in [0.2, 0.25) is 0 Å². The zero-order chi connectivity index (χ0) is 14.9. The van der Waals surface area contributed by atoms with Gasteiger partial charge in [-0.1, -0.05) is 45.0 Å². The molecule has 0 saturated carbocycles. The maximum atomic E-state index is 12.5. The predicted molar refractivity (Wildman–Crippen MR) is 82.0 cm³/mol. The Balaban J connectivity index is 2.66. The summed E-state index contributed by atoms with van der Waals surface area (Å²) in [6, 6.07) is 11.2. The molecular formula is C17H19NO2. The van der Waals surface area contributed by atoms with E-state index in [0.29, 0.717) is 5.56 Å². The number of amides is 1. The van der Waals surface area contributed by atoms with E-state index in [1.165, 1.54) is 6.92 Å². The molecule has 0 unspecified atom stereocenters. The monoisotopic (exact) mass is 269 g/mol. The predicted octanol–water partition coefficient (Wildman–Crippen LogP) is 4.03. The van der Waals surface area contributed by atoms with Crippen molar-refractivity contribution in [1.29, 1.82) is 0 Å². The van der Waals surface area contributed by atoms with Crippen molar-refractivity contribution in [3.63, 3.8) is 0 Å². The van der Waals surface area contributed by atoms with Gasteiger partial charge in [-0.2, -0.15) is 0 Å². The quantitative estimate of drug-likeness (QED) is 0.837. The second-order valence-corrected chi connectivity index (χ2v) is 5.97. The second-order valence-electron chi connectivity index (χ2n) is 5.97. The van der Waals surface area contributed by atoms with Gasteiger partial charge in [0.25, 0.3) is 0 Å². The molecule has 0 heterocycles. The fraction of sp³-hybridized carbons (Fsp3) is 0.294. The Hall–Kier alpha value is -2.16. The van der Waals surface area contributed by atoms with Crippen LogP contribution in [0.4, 0.5) is 5.69 Å². The van der Waals surface area contributed by atoms with Crippen molar-refractivity contribution in [2.24, 2.45) is 5.41 Å². The number of nitrogens with one attached hydrogen (secondary N) is 1. The summed E-state index contributed by atoms with van der Waals surface area (Å²) in [5, 5.41) is 4.56.